The highest BCUT2D eigenvalue weighted by atomic mass is 16.5. The van der Waals surface area contributed by atoms with Crippen LogP contribution in [-0.2, 0) is 6.42 Å². The number of ether oxygens (including phenoxy) is 1. The van der Waals surface area contributed by atoms with Gasteiger partial charge in [-0.15, -0.1) is 0 Å². The molecule has 0 fully saturated rings. The lowest BCUT2D eigenvalue weighted by atomic mass is 10.0. The van der Waals surface area contributed by atoms with Crippen molar-refractivity contribution < 1.29 is 9.84 Å². The van der Waals surface area contributed by atoms with Crippen LogP contribution in [0.15, 0.2) is 12.1 Å². The fourth-order valence-corrected chi connectivity index (χ4v) is 1.61. The van der Waals surface area contributed by atoms with Crippen molar-refractivity contribution in [1.82, 2.24) is 0 Å². The summed E-state index contributed by atoms with van der Waals surface area (Å²) in [5.41, 5.74) is 3.70. The van der Waals surface area contributed by atoms with Crippen molar-refractivity contribution in [2.75, 3.05) is 13.7 Å². The zero-order valence-corrected chi connectivity index (χ0v) is 9.13. The molecule has 0 unspecified atom stereocenters. The van der Waals surface area contributed by atoms with E-state index in [1.54, 1.807) is 7.11 Å². The van der Waals surface area contributed by atoms with Gasteiger partial charge in [0.25, 0.3) is 0 Å². The van der Waals surface area contributed by atoms with Gasteiger partial charge in [-0.05, 0) is 49.4 Å². The zero-order valence-electron chi connectivity index (χ0n) is 9.13. The molecule has 78 valence electrons. The predicted molar refractivity (Wildman–Crippen MR) is 57.9 cm³/mol. The number of hydrogen-bond acceptors (Lipinski definition) is 2. The first kappa shape index (κ1) is 11.1. The first-order chi connectivity index (χ1) is 6.69. The molecule has 14 heavy (non-hydrogen) atoms. The fraction of sp³-hybridized carbons (Fsp3) is 0.500. The molecule has 2 nitrogen and oxygen atoms in total. The molecule has 0 atom stereocenters. The number of rotatable bonds is 4. The van der Waals surface area contributed by atoms with Gasteiger partial charge in [0.05, 0.1) is 7.11 Å². The van der Waals surface area contributed by atoms with Gasteiger partial charge >= 0.3 is 0 Å². The van der Waals surface area contributed by atoms with E-state index in [1.807, 2.05) is 6.92 Å². The largest absolute Gasteiger partial charge is 0.496 e. The predicted octanol–water partition coefficient (Wildman–Crippen LogP) is 2.24. The van der Waals surface area contributed by atoms with Crippen LogP contribution < -0.4 is 4.74 Å². The summed E-state index contributed by atoms with van der Waals surface area (Å²) in [6.45, 7) is 4.37. The molecule has 1 rings (SSSR count). The maximum atomic E-state index is 8.76. The first-order valence-electron chi connectivity index (χ1n) is 4.94. The standard InChI is InChI=1S/C12H18O2/c1-9-8-12(14-3)10(2)7-11(9)5-4-6-13/h7-8,13H,4-6H2,1-3H3. The molecule has 0 heterocycles. The van der Waals surface area contributed by atoms with Crippen LogP contribution in [0.5, 0.6) is 5.75 Å². The van der Waals surface area contributed by atoms with Gasteiger partial charge in [-0.2, -0.15) is 0 Å². The summed E-state index contributed by atoms with van der Waals surface area (Å²) in [5, 5.41) is 8.76. The average Bonchev–Trinajstić information content (AvgIpc) is 2.18. The van der Waals surface area contributed by atoms with Crippen LogP contribution in [0.1, 0.15) is 23.1 Å². The van der Waals surface area contributed by atoms with Gasteiger partial charge in [0.15, 0.2) is 0 Å². The molecule has 0 aliphatic carbocycles. The van der Waals surface area contributed by atoms with Gasteiger partial charge in [-0.1, -0.05) is 6.07 Å². The Labute approximate surface area is 85.5 Å². The van der Waals surface area contributed by atoms with E-state index in [1.165, 1.54) is 11.1 Å². The maximum Gasteiger partial charge on any atom is 0.122 e. The minimum Gasteiger partial charge on any atom is -0.496 e. The first-order valence-corrected chi connectivity index (χ1v) is 4.94. The van der Waals surface area contributed by atoms with Crippen LogP contribution in [0.4, 0.5) is 0 Å². The molecule has 1 aromatic carbocycles. The summed E-state index contributed by atoms with van der Waals surface area (Å²) >= 11 is 0. The molecule has 0 aliphatic rings. The molecule has 0 bridgehead atoms. The highest BCUT2D eigenvalue weighted by Gasteiger charge is 2.04. The van der Waals surface area contributed by atoms with E-state index in [0.29, 0.717) is 0 Å². The van der Waals surface area contributed by atoms with Crippen molar-refractivity contribution in [2.24, 2.45) is 0 Å². The number of aliphatic hydroxyl groups is 1. The van der Waals surface area contributed by atoms with Crippen molar-refractivity contribution >= 4 is 0 Å². The average molecular weight is 194 g/mol. The van der Waals surface area contributed by atoms with E-state index in [-0.39, 0.29) is 6.61 Å². The van der Waals surface area contributed by atoms with Gasteiger partial charge in [0, 0.05) is 6.61 Å². The molecule has 0 aliphatic heterocycles. The number of methoxy groups -OCH3 is 1. The van der Waals surface area contributed by atoms with Crippen LogP contribution in [0, 0.1) is 13.8 Å². The Morgan fingerprint density at radius 3 is 2.50 bits per heavy atom. The minimum atomic E-state index is 0.254. The SMILES string of the molecule is COc1cc(C)c(CCCO)cc1C. The Bertz CT molecular complexity index is 305. The van der Waals surface area contributed by atoms with Crippen molar-refractivity contribution in [2.45, 2.75) is 26.7 Å². The van der Waals surface area contributed by atoms with E-state index < -0.39 is 0 Å². The van der Waals surface area contributed by atoms with Crippen LogP contribution in [0.25, 0.3) is 0 Å². The molecular formula is C12H18O2. The fourth-order valence-electron chi connectivity index (χ4n) is 1.61. The molecule has 0 aromatic heterocycles. The zero-order chi connectivity index (χ0) is 10.6. The second kappa shape index (κ2) is 5.01. The quantitative estimate of drug-likeness (QED) is 0.796. The summed E-state index contributed by atoms with van der Waals surface area (Å²) in [4.78, 5) is 0. The van der Waals surface area contributed by atoms with E-state index in [2.05, 4.69) is 19.1 Å². The van der Waals surface area contributed by atoms with E-state index in [0.717, 1.165) is 24.2 Å². The Hall–Kier alpha value is -1.02. The van der Waals surface area contributed by atoms with Crippen molar-refractivity contribution in [3.05, 3.63) is 28.8 Å². The second-order valence-corrected chi connectivity index (χ2v) is 3.58. The molecule has 1 aromatic rings. The number of aryl methyl sites for hydroxylation is 3. The normalized spacial score (nSPS) is 10.3. The van der Waals surface area contributed by atoms with Gasteiger partial charge in [-0.3, -0.25) is 0 Å². The third-order valence-electron chi connectivity index (χ3n) is 2.46. The highest BCUT2D eigenvalue weighted by Crippen LogP contribution is 2.23. The van der Waals surface area contributed by atoms with Crippen molar-refractivity contribution in [1.29, 1.82) is 0 Å². The number of hydrogen-bond donors (Lipinski definition) is 1. The summed E-state index contributed by atoms with van der Waals surface area (Å²) in [5.74, 6) is 0.940. The lowest BCUT2D eigenvalue weighted by Gasteiger charge is -2.10. The smallest absolute Gasteiger partial charge is 0.122 e. The summed E-state index contributed by atoms with van der Waals surface area (Å²) in [6, 6.07) is 4.20. The number of aliphatic hydroxyl groups excluding tert-OH is 1. The van der Waals surface area contributed by atoms with Crippen LogP contribution in [-0.4, -0.2) is 18.8 Å². The van der Waals surface area contributed by atoms with Crippen LogP contribution in [0.2, 0.25) is 0 Å². The topological polar surface area (TPSA) is 29.5 Å². The van der Waals surface area contributed by atoms with Crippen LogP contribution in [0.3, 0.4) is 0 Å². The van der Waals surface area contributed by atoms with Gasteiger partial charge in [0.1, 0.15) is 5.75 Å². The summed E-state index contributed by atoms with van der Waals surface area (Å²) in [6.07, 6.45) is 1.76. The Kier molecular flexibility index (Phi) is 3.96. The maximum absolute atomic E-state index is 8.76. The third kappa shape index (κ3) is 2.48. The van der Waals surface area contributed by atoms with Crippen molar-refractivity contribution in [3.63, 3.8) is 0 Å². The Balaban J connectivity index is 2.90. The number of benzene rings is 1. The molecule has 0 amide bonds. The van der Waals surface area contributed by atoms with E-state index in [9.17, 15) is 0 Å². The molecule has 0 saturated heterocycles. The molecule has 2 heteroatoms. The van der Waals surface area contributed by atoms with Gasteiger partial charge < -0.3 is 9.84 Å². The minimum absolute atomic E-state index is 0.254. The van der Waals surface area contributed by atoms with E-state index in [4.69, 9.17) is 9.84 Å². The monoisotopic (exact) mass is 194 g/mol. The Morgan fingerprint density at radius 2 is 1.93 bits per heavy atom. The molecular weight excluding hydrogens is 176 g/mol. The lowest BCUT2D eigenvalue weighted by Crippen LogP contribution is -1.96. The van der Waals surface area contributed by atoms with Crippen molar-refractivity contribution in [3.8, 4) is 5.75 Å². The molecule has 1 N–H and O–H groups in total. The molecule has 0 spiro atoms. The summed E-state index contributed by atoms with van der Waals surface area (Å²) < 4.78 is 5.24. The van der Waals surface area contributed by atoms with Gasteiger partial charge in [-0.25, -0.2) is 0 Å². The van der Waals surface area contributed by atoms with Gasteiger partial charge in [0.2, 0.25) is 0 Å². The molecule has 0 saturated carbocycles. The van der Waals surface area contributed by atoms with E-state index >= 15 is 0 Å². The van der Waals surface area contributed by atoms with Crippen LogP contribution >= 0.6 is 0 Å². The molecule has 0 radical (unpaired) electrons. The lowest BCUT2D eigenvalue weighted by molar-refractivity contribution is 0.288. The highest BCUT2D eigenvalue weighted by molar-refractivity contribution is 5.41. The Morgan fingerprint density at radius 1 is 1.21 bits per heavy atom. The summed E-state index contributed by atoms with van der Waals surface area (Å²) in [7, 11) is 1.69. The third-order valence-corrected chi connectivity index (χ3v) is 2.46. The second-order valence-electron chi connectivity index (χ2n) is 3.58.